The number of aromatic carboxylic acids is 1. The van der Waals surface area contributed by atoms with E-state index in [0.29, 0.717) is 12.7 Å². The van der Waals surface area contributed by atoms with Gasteiger partial charge in [0.2, 0.25) is 0 Å². The third-order valence-corrected chi connectivity index (χ3v) is 3.75. The molecule has 1 heterocycles. The molecule has 1 N–H and O–H groups in total. The molecule has 0 bridgehead atoms. The molecule has 1 aromatic carbocycles. The minimum Gasteiger partial charge on any atom is -0.478 e. The van der Waals surface area contributed by atoms with Crippen LogP contribution in [0.4, 0.5) is 0 Å². The Labute approximate surface area is 135 Å². The lowest BCUT2D eigenvalue weighted by molar-refractivity contribution is 0.0696. The third-order valence-electron chi connectivity index (χ3n) is 3.17. The molecule has 0 spiro atoms. The van der Waals surface area contributed by atoms with Crippen molar-refractivity contribution in [2.24, 2.45) is 0 Å². The van der Waals surface area contributed by atoms with Gasteiger partial charge < -0.3 is 9.67 Å². The van der Waals surface area contributed by atoms with E-state index in [0.717, 1.165) is 5.56 Å². The van der Waals surface area contributed by atoms with Crippen LogP contribution in [0.1, 0.15) is 26.4 Å². The molecule has 22 heavy (non-hydrogen) atoms. The van der Waals surface area contributed by atoms with Crippen molar-refractivity contribution < 1.29 is 14.7 Å². The average Bonchev–Trinajstić information content (AvgIpc) is 2.49. The molecule has 1 aromatic heterocycles. The summed E-state index contributed by atoms with van der Waals surface area (Å²) in [6.45, 7) is 0.208. The fraction of sp³-hybridized carbons (Fsp3) is 0.133. The summed E-state index contributed by atoms with van der Waals surface area (Å²) < 4.78 is 1.21. The maximum atomic E-state index is 12.0. The van der Waals surface area contributed by atoms with Crippen LogP contribution in [0.2, 0.25) is 10.0 Å². The minimum absolute atomic E-state index is 0.0585. The van der Waals surface area contributed by atoms with E-state index in [2.05, 4.69) is 0 Å². The SMILES string of the molecule is O=Cc1c(Cl)cc(Cl)c(=O)n1CCc1ccc(C(=O)O)cc1. The highest BCUT2D eigenvalue weighted by atomic mass is 35.5. The molecule has 0 aliphatic carbocycles. The maximum absolute atomic E-state index is 12.0. The highest BCUT2D eigenvalue weighted by molar-refractivity contribution is 6.35. The summed E-state index contributed by atoms with van der Waals surface area (Å²) in [4.78, 5) is 33.9. The summed E-state index contributed by atoms with van der Waals surface area (Å²) in [5, 5.41) is 8.89. The van der Waals surface area contributed by atoms with Gasteiger partial charge >= 0.3 is 5.97 Å². The number of carboxylic acid groups (broad SMARTS) is 1. The van der Waals surface area contributed by atoms with Crippen LogP contribution in [-0.2, 0) is 13.0 Å². The standard InChI is InChI=1S/C15H11Cl2NO4/c16-11-7-12(17)14(20)18(13(11)8-19)6-5-9-1-3-10(4-2-9)15(21)22/h1-4,7-8H,5-6H2,(H,21,22). The molecule has 0 aliphatic rings. The predicted octanol–water partition coefficient (Wildman–Crippen LogP) is 2.91. The van der Waals surface area contributed by atoms with Gasteiger partial charge in [-0.1, -0.05) is 35.3 Å². The second kappa shape index (κ2) is 6.77. The number of carbonyl (C=O) groups is 2. The van der Waals surface area contributed by atoms with E-state index in [4.69, 9.17) is 28.3 Å². The smallest absolute Gasteiger partial charge is 0.335 e. The van der Waals surface area contributed by atoms with Gasteiger partial charge in [-0.3, -0.25) is 9.59 Å². The lowest BCUT2D eigenvalue weighted by Crippen LogP contribution is -2.25. The first-order valence-corrected chi connectivity index (χ1v) is 7.06. The summed E-state index contributed by atoms with van der Waals surface area (Å²) in [5.74, 6) is -1.01. The summed E-state index contributed by atoms with van der Waals surface area (Å²) >= 11 is 11.7. The normalized spacial score (nSPS) is 10.5. The van der Waals surface area contributed by atoms with E-state index in [1.807, 2.05) is 0 Å². The molecule has 0 saturated heterocycles. The number of nitrogens with zero attached hydrogens (tertiary/aromatic N) is 1. The number of pyridine rings is 1. The van der Waals surface area contributed by atoms with Crippen LogP contribution in [0.3, 0.4) is 0 Å². The van der Waals surface area contributed by atoms with Crippen molar-refractivity contribution in [3.8, 4) is 0 Å². The van der Waals surface area contributed by atoms with E-state index in [1.165, 1.54) is 22.8 Å². The van der Waals surface area contributed by atoms with E-state index in [-0.39, 0.29) is 27.8 Å². The van der Waals surface area contributed by atoms with E-state index in [9.17, 15) is 14.4 Å². The van der Waals surface area contributed by atoms with Crippen molar-refractivity contribution in [1.82, 2.24) is 4.57 Å². The maximum Gasteiger partial charge on any atom is 0.335 e. The molecular weight excluding hydrogens is 329 g/mol. The highest BCUT2D eigenvalue weighted by Crippen LogP contribution is 2.17. The van der Waals surface area contributed by atoms with Crippen molar-refractivity contribution >= 4 is 35.5 Å². The number of rotatable bonds is 5. The molecule has 2 aromatic rings. The van der Waals surface area contributed by atoms with Crippen molar-refractivity contribution in [1.29, 1.82) is 0 Å². The first-order valence-electron chi connectivity index (χ1n) is 6.30. The van der Waals surface area contributed by atoms with E-state index < -0.39 is 11.5 Å². The fourth-order valence-electron chi connectivity index (χ4n) is 2.01. The average molecular weight is 340 g/mol. The first-order chi connectivity index (χ1) is 10.4. The van der Waals surface area contributed by atoms with Crippen LogP contribution in [0.25, 0.3) is 0 Å². The van der Waals surface area contributed by atoms with Crippen LogP contribution in [0.15, 0.2) is 35.1 Å². The summed E-state index contributed by atoms with van der Waals surface area (Å²) in [6, 6.07) is 7.51. The van der Waals surface area contributed by atoms with Crippen molar-refractivity contribution in [2.75, 3.05) is 0 Å². The minimum atomic E-state index is -1.01. The lowest BCUT2D eigenvalue weighted by Gasteiger charge is -2.11. The number of hydrogen-bond acceptors (Lipinski definition) is 3. The van der Waals surface area contributed by atoms with Crippen molar-refractivity contribution in [3.05, 3.63) is 67.6 Å². The van der Waals surface area contributed by atoms with Gasteiger partial charge in [0.15, 0.2) is 6.29 Å². The Morgan fingerprint density at radius 3 is 2.36 bits per heavy atom. The molecule has 0 unspecified atom stereocenters. The van der Waals surface area contributed by atoms with Crippen LogP contribution in [-0.4, -0.2) is 21.9 Å². The summed E-state index contributed by atoms with van der Waals surface area (Å²) in [6.07, 6.45) is 0.935. The number of halogens is 2. The predicted molar refractivity (Wildman–Crippen MR) is 83.2 cm³/mol. The molecule has 0 radical (unpaired) electrons. The summed E-state index contributed by atoms with van der Waals surface area (Å²) in [5.41, 5.74) is 0.582. The van der Waals surface area contributed by atoms with Crippen LogP contribution >= 0.6 is 23.2 Å². The number of carbonyl (C=O) groups excluding carboxylic acids is 1. The Morgan fingerprint density at radius 2 is 1.82 bits per heavy atom. The Bertz CT molecular complexity index is 781. The van der Waals surface area contributed by atoms with E-state index in [1.54, 1.807) is 12.1 Å². The molecule has 5 nitrogen and oxygen atoms in total. The Kier molecular flexibility index (Phi) is 5.00. The van der Waals surface area contributed by atoms with Gasteiger partial charge in [-0.15, -0.1) is 0 Å². The molecule has 0 aliphatic heterocycles. The summed E-state index contributed by atoms with van der Waals surface area (Å²) in [7, 11) is 0. The molecule has 0 amide bonds. The number of benzene rings is 1. The third kappa shape index (κ3) is 3.37. The van der Waals surface area contributed by atoms with Gasteiger partial charge in [0.1, 0.15) is 10.7 Å². The number of carboxylic acids is 1. The zero-order chi connectivity index (χ0) is 16.3. The van der Waals surface area contributed by atoms with Crippen molar-refractivity contribution in [3.63, 3.8) is 0 Å². The van der Waals surface area contributed by atoms with Gasteiger partial charge in [0, 0.05) is 6.54 Å². The molecule has 0 atom stereocenters. The first kappa shape index (κ1) is 16.3. The molecule has 114 valence electrons. The van der Waals surface area contributed by atoms with E-state index >= 15 is 0 Å². The lowest BCUT2D eigenvalue weighted by atomic mass is 10.1. The van der Waals surface area contributed by atoms with Gasteiger partial charge in [-0.2, -0.15) is 0 Å². The zero-order valence-electron chi connectivity index (χ0n) is 11.3. The quantitative estimate of drug-likeness (QED) is 0.849. The Balaban J connectivity index is 2.26. The molecular formula is C15H11Cl2NO4. The second-order valence-electron chi connectivity index (χ2n) is 4.55. The van der Waals surface area contributed by atoms with Gasteiger partial charge in [-0.05, 0) is 30.2 Å². The number of hydrogen-bond donors (Lipinski definition) is 1. The Morgan fingerprint density at radius 1 is 1.18 bits per heavy atom. The van der Waals surface area contributed by atoms with Gasteiger partial charge in [-0.25, -0.2) is 4.79 Å². The number of aromatic nitrogens is 1. The van der Waals surface area contributed by atoms with Crippen LogP contribution < -0.4 is 5.56 Å². The van der Waals surface area contributed by atoms with Crippen LogP contribution in [0, 0.1) is 0 Å². The molecule has 2 rings (SSSR count). The molecule has 0 saturated carbocycles. The second-order valence-corrected chi connectivity index (χ2v) is 5.37. The Hall–Kier alpha value is -2.11. The van der Waals surface area contributed by atoms with Crippen LogP contribution in [0.5, 0.6) is 0 Å². The highest BCUT2D eigenvalue weighted by Gasteiger charge is 2.12. The molecule has 0 fully saturated rings. The number of aryl methyl sites for hydroxylation is 1. The molecule has 7 heteroatoms. The van der Waals surface area contributed by atoms with Gasteiger partial charge in [0.25, 0.3) is 5.56 Å². The van der Waals surface area contributed by atoms with Crippen molar-refractivity contribution in [2.45, 2.75) is 13.0 Å². The zero-order valence-corrected chi connectivity index (χ0v) is 12.8. The monoisotopic (exact) mass is 339 g/mol. The number of aldehydes is 1. The fourth-order valence-corrected chi connectivity index (χ4v) is 2.53. The topological polar surface area (TPSA) is 76.4 Å². The largest absolute Gasteiger partial charge is 0.478 e. The van der Waals surface area contributed by atoms with Gasteiger partial charge in [0.05, 0.1) is 10.6 Å².